The van der Waals surface area contributed by atoms with Crippen molar-refractivity contribution in [2.75, 3.05) is 39.6 Å². The van der Waals surface area contributed by atoms with Gasteiger partial charge in [-0.05, 0) is 141 Å². The van der Waals surface area contributed by atoms with E-state index in [0.717, 1.165) is 173 Å². The Balaban J connectivity index is 4.37. The van der Waals surface area contributed by atoms with E-state index >= 15 is 0 Å². The molecule has 0 saturated heterocycles. The second-order valence-corrected chi connectivity index (χ2v) is 31.1. The Kier molecular flexibility index (Phi) is 79.0. The largest absolute Gasteiger partial charge is 0.472 e. The Morgan fingerprint density at radius 1 is 0.266 bits per heavy atom. The third kappa shape index (κ3) is 83.9. The Hall–Kier alpha value is -4.83. The molecule has 0 radical (unpaired) electrons. The summed E-state index contributed by atoms with van der Waals surface area (Å²) in [7, 11) is -9.80. The molecular weight excluding hydrogens is 1410 g/mol. The molecule has 0 aromatic carbocycles. The zero-order chi connectivity index (χ0) is 79.4. The van der Waals surface area contributed by atoms with Crippen LogP contribution in [-0.4, -0.2) is 95.9 Å². The van der Waals surface area contributed by atoms with Crippen LogP contribution in [0, 0.1) is 0 Å². The normalized spacial score (nSPS) is 14.7. The minimum atomic E-state index is -4.94. The fraction of sp³-hybridized carbons (Fsp3) is 0.681. The number of aliphatic hydroxyl groups is 2. The highest BCUT2D eigenvalue weighted by molar-refractivity contribution is 7.47. The summed E-state index contributed by atoms with van der Waals surface area (Å²) in [6, 6.07) is 0. The van der Waals surface area contributed by atoms with Gasteiger partial charge in [0.2, 0.25) is 0 Å². The molecule has 4 N–H and O–H groups in total. The van der Waals surface area contributed by atoms with Crippen LogP contribution >= 0.6 is 15.6 Å². The van der Waals surface area contributed by atoms with Crippen molar-refractivity contribution in [3.63, 3.8) is 0 Å². The van der Waals surface area contributed by atoms with Gasteiger partial charge in [-0.2, -0.15) is 0 Å². The molecule has 0 amide bonds. The van der Waals surface area contributed by atoms with Crippen molar-refractivity contribution < 1.29 is 75.8 Å². The van der Waals surface area contributed by atoms with Crippen molar-refractivity contribution in [1.29, 1.82) is 0 Å². The molecule has 18 heteroatoms. The van der Waals surface area contributed by atoms with Crippen LogP contribution in [-0.2, 0) is 55.8 Å². The third-order valence-electron chi connectivity index (χ3n) is 17.7. The van der Waals surface area contributed by atoms with E-state index in [1.165, 1.54) is 109 Å². The van der Waals surface area contributed by atoms with Gasteiger partial charge in [0.05, 0.1) is 26.4 Å². The van der Waals surface area contributed by atoms with Gasteiger partial charge in [0.15, 0.2) is 6.10 Å². The van der Waals surface area contributed by atoms with Crippen LogP contribution in [0.5, 0.6) is 0 Å². The predicted octanol–water partition coefficient (Wildman–Crippen LogP) is 25.8. The molecule has 0 aliphatic heterocycles. The Morgan fingerprint density at radius 2 is 0.486 bits per heavy atom. The quantitative estimate of drug-likeness (QED) is 0.0146. The van der Waals surface area contributed by atoms with Crippen LogP contribution < -0.4 is 0 Å². The first-order valence-corrected chi connectivity index (χ1v) is 45.8. The maximum Gasteiger partial charge on any atom is 0.472 e. The summed E-state index contributed by atoms with van der Waals surface area (Å²) in [5.41, 5.74) is 0. The summed E-state index contributed by atoms with van der Waals surface area (Å²) in [6.45, 7) is 2.40. The number of allylic oxidation sites excluding steroid dienone is 26. The zero-order valence-corrected chi connectivity index (χ0v) is 70.2. The van der Waals surface area contributed by atoms with Crippen molar-refractivity contribution in [2.24, 2.45) is 0 Å². The number of esters is 3. The van der Waals surface area contributed by atoms with E-state index in [1.54, 1.807) is 0 Å². The minimum absolute atomic E-state index is 0.0893. The maximum absolute atomic E-state index is 12.9. The van der Waals surface area contributed by atoms with Crippen LogP contribution in [0.15, 0.2) is 158 Å². The van der Waals surface area contributed by atoms with Gasteiger partial charge in [0.1, 0.15) is 25.4 Å². The molecule has 0 fully saturated rings. The lowest BCUT2D eigenvalue weighted by Gasteiger charge is -2.21. The lowest BCUT2D eigenvalue weighted by Crippen LogP contribution is -2.30. The number of unbranched alkanes of at least 4 members (excludes halogenated alkanes) is 31. The molecule has 16 nitrogen and oxygen atoms in total. The highest BCUT2D eigenvalue weighted by Crippen LogP contribution is 2.45. The maximum atomic E-state index is 12.9. The predicted molar refractivity (Wildman–Crippen MR) is 454 cm³/mol. The number of carbonyl (C=O) groups excluding carboxylic acids is 3. The van der Waals surface area contributed by atoms with E-state index < -0.39 is 91.5 Å². The molecule has 5 atom stereocenters. The molecule has 0 rings (SSSR count). The van der Waals surface area contributed by atoms with Crippen molar-refractivity contribution >= 4 is 33.6 Å². The zero-order valence-electron chi connectivity index (χ0n) is 68.4. The first kappa shape index (κ1) is 104. The summed E-state index contributed by atoms with van der Waals surface area (Å²) < 4.78 is 61.2. The topological polar surface area (TPSA) is 231 Å². The van der Waals surface area contributed by atoms with E-state index in [0.29, 0.717) is 19.3 Å². The lowest BCUT2D eigenvalue weighted by atomic mass is 10.0. The molecule has 0 saturated carbocycles. The summed E-state index contributed by atoms with van der Waals surface area (Å²) in [6.07, 6.45) is 105. The molecule has 0 heterocycles. The highest BCUT2D eigenvalue weighted by Gasteiger charge is 2.29. The van der Waals surface area contributed by atoms with E-state index in [4.69, 9.17) is 32.3 Å². The number of aliphatic hydroxyl groups excluding tert-OH is 2. The van der Waals surface area contributed by atoms with Gasteiger partial charge in [-0.1, -0.05) is 339 Å². The molecule has 0 aromatic rings. The number of phosphoric ester groups is 2. The summed E-state index contributed by atoms with van der Waals surface area (Å²) in [4.78, 5) is 58.7. The van der Waals surface area contributed by atoms with Crippen molar-refractivity contribution in [2.45, 2.75) is 360 Å². The SMILES string of the molecule is CC/C=C\C/C=C\C/C=C\C/C=C\C/C=C\C/C=C\CCCCCCCCCCCCCCCCCCC(=O)OCC(O)COP(=O)(O)OCC(O)COP(=O)(O)OCC(COC(=O)CCCCCCCCCC/C=C\C/C=C\C/C=C\C/C=C\C/C=C\C/C=C\CC)OC(=O)CCCCCCC/C=C\CCCC. The van der Waals surface area contributed by atoms with Crippen molar-refractivity contribution in [3.05, 3.63) is 158 Å². The van der Waals surface area contributed by atoms with Crippen LogP contribution in [0.1, 0.15) is 342 Å². The Bertz CT molecular complexity index is 2610. The van der Waals surface area contributed by atoms with E-state index in [2.05, 4.69) is 179 Å². The number of rotatable bonds is 80. The second-order valence-electron chi connectivity index (χ2n) is 28.2. The number of phosphoric acid groups is 2. The summed E-state index contributed by atoms with van der Waals surface area (Å²) in [5.74, 6) is -1.59. The number of hydrogen-bond acceptors (Lipinski definition) is 14. The average molecular weight is 1570 g/mol. The number of ether oxygens (including phenoxy) is 3. The van der Waals surface area contributed by atoms with Gasteiger partial charge in [0, 0.05) is 19.3 Å². The van der Waals surface area contributed by atoms with Gasteiger partial charge in [-0.15, -0.1) is 0 Å². The van der Waals surface area contributed by atoms with Crippen LogP contribution in [0.25, 0.3) is 0 Å². The fourth-order valence-corrected chi connectivity index (χ4v) is 12.9. The minimum Gasteiger partial charge on any atom is -0.463 e. The molecule has 109 heavy (non-hydrogen) atoms. The summed E-state index contributed by atoms with van der Waals surface area (Å²) in [5, 5.41) is 20.7. The molecule has 0 spiro atoms. The van der Waals surface area contributed by atoms with Gasteiger partial charge in [-0.25, -0.2) is 9.13 Å². The molecule has 5 unspecified atom stereocenters. The number of hydrogen-bond donors (Lipinski definition) is 4. The molecular formula is C91H154O16P2. The van der Waals surface area contributed by atoms with Gasteiger partial charge in [-0.3, -0.25) is 32.5 Å². The van der Waals surface area contributed by atoms with Crippen LogP contribution in [0.2, 0.25) is 0 Å². The Morgan fingerprint density at radius 3 is 0.780 bits per heavy atom. The van der Waals surface area contributed by atoms with E-state index in [9.17, 15) is 43.5 Å². The second kappa shape index (κ2) is 82.6. The molecule has 0 aromatic heterocycles. The van der Waals surface area contributed by atoms with Gasteiger partial charge >= 0.3 is 33.6 Å². The first-order chi connectivity index (χ1) is 53.2. The van der Waals surface area contributed by atoms with Crippen molar-refractivity contribution in [1.82, 2.24) is 0 Å². The third-order valence-corrected chi connectivity index (χ3v) is 19.6. The summed E-state index contributed by atoms with van der Waals surface area (Å²) >= 11 is 0. The van der Waals surface area contributed by atoms with Gasteiger partial charge < -0.3 is 34.2 Å². The van der Waals surface area contributed by atoms with E-state index in [1.807, 2.05) is 0 Å². The smallest absolute Gasteiger partial charge is 0.463 e. The standard InChI is InChI=1S/C91H154O16P2/c1-4-7-10-13-16-19-22-24-26-28-30-32-34-36-38-39-40-41-42-43-44-45-47-49-50-52-54-56-58-60-63-65-68-71-74-77-89(94)101-80-86(92)81-103-108(97,98)104-82-87(93)83-105-109(99,100)106-85-88(107-91(96)79-76-73-70-67-62-21-18-15-12-9-6-3)84-102-90(95)78-75-72-69-66-64-61-59-57-55-53-51-48-46-37-35-33-31-29-27-25-23-20-17-14-11-8-5-2/h7-8,10-11,15-20,24-27,30-33,36-38,40-41,46,51,53,86-88,92-93H,4-6,9,12-14,21-23,28-29,34-35,39,42-45,47-50,52,54-85H2,1-3H3,(H,97,98)(H,99,100)/b10-7-,11-8-,18-15-,19-16-,20-17-,26-24-,27-25-,32-30-,33-31-,38-36-,41-40-,46-37-,53-51-. The highest BCUT2D eigenvalue weighted by atomic mass is 31.2. The molecule has 0 bridgehead atoms. The number of carbonyl (C=O) groups is 3. The molecule has 0 aliphatic carbocycles. The average Bonchev–Trinajstić information content (AvgIpc) is 0.903. The van der Waals surface area contributed by atoms with Crippen molar-refractivity contribution in [3.8, 4) is 0 Å². The van der Waals surface area contributed by atoms with Crippen LogP contribution in [0.4, 0.5) is 0 Å². The first-order valence-electron chi connectivity index (χ1n) is 42.8. The Labute approximate surface area is 663 Å². The molecule has 0 aliphatic rings. The van der Waals surface area contributed by atoms with Crippen LogP contribution in [0.3, 0.4) is 0 Å². The monoisotopic (exact) mass is 1570 g/mol. The fourth-order valence-electron chi connectivity index (χ4n) is 11.3. The van der Waals surface area contributed by atoms with Gasteiger partial charge in [0.25, 0.3) is 0 Å². The molecule has 624 valence electrons. The van der Waals surface area contributed by atoms with E-state index in [-0.39, 0.29) is 19.3 Å². The lowest BCUT2D eigenvalue weighted by molar-refractivity contribution is -0.161.